The lowest BCUT2D eigenvalue weighted by Crippen LogP contribution is -2.23. The Bertz CT molecular complexity index is 1040. The van der Waals surface area contributed by atoms with Gasteiger partial charge in [-0.05, 0) is 29.8 Å². The summed E-state index contributed by atoms with van der Waals surface area (Å²) in [5.74, 6) is 0. The van der Waals surface area contributed by atoms with Gasteiger partial charge < -0.3 is 5.73 Å². The second kappa shape index (κ2) is 6.32. The van der Waals surface area contributed by atoms with E-state index in [4.69, 9.17) is 11.0 Å². The highest BCUT2D eigenvalue weighted by Crippen LogP contribution is 2.27. The van der Waals surface area contributed by atoms with Crippen LogP contribution in [0.2, 0.25) is 0 Å². The fourth-order valence-corrected chi connectivity index (χ4v) is 3.73. The van der Waals surface area contributed by atoms with E-state index in [1.165, 1.54) is 0 Å². The number of nitrogens with one attached hydrogen (secondary N) is 1. The minimum absolute atomic E-state index is 0.146. The molecule has 0 bridgehead atoms. The summed E-state index contributed by atoms with van der Waals surface area (Å²) in [6.45, 7) is 0.146. The molecule has 0 aromatic heterocycles. The standard InChI is InChI=1S/C18H15N3O2S/c19-11-13-7-9-14(10-8-13)12-21-24(22,23)18-6-2-3-15-16(18)4-1-5-17(15)20/h1-10,21H,12,20H2. The minimum atomic E-state index is -3.69. The van der Waals surface area contributed by atoms with E-state index in [1.54, 1.807) is 60.7 Å². The molecule has 0 aliphatic carbocycles. The van der Waals surface area contributed by atoms with Gasteiger partial charge in [0.15, 0.2) is 0 Å². The second-order valence-corrected chi connectivity index (χ2v) is 7.07. The third kappa shape index (κ3) is 3.08. The fourth-order valence-electron chi connectivity index (χ4n) is 2.49. The van der Waals surface area contributed by atoms with Crippen LogP contribution >= 0.6 is 0 Å². The van der Waals surface area contributed by atoms with E-state index < -0.39 is 10.0 Å². The molecule has 0 aliphatic heterocycles. The Labute approximate surface area is 140 Å². The number of hydrogen-bond acceptors (Lipinski definition) is 4. The molecule has 0 saturated carbocycles. The Morgan fingerprint density at radius 3 is 2.33 bits per heavy atom. The molecule has 0 radical (unpaired) electrons. The molecule has 3 aromatic rings. The molecule has 120 valence electrons. The number of benzene rings is 3. The van der Waals surface area contributed by atoms with E-state index in [2.05, 4.69) is 4.72 Å². The third-order valence-corrected chi connectivity index (χ3v) is 5.21. The van der Waals surface area contributed by atoms with Crippen molar-refractivity contribution < 1.29 is 8.42 Å². The first-order valence-electron chi connectivity index (χ1n) is 7.27. The average molecular weight is 337 g/mol. The van der Waals surface area contributed by atoms with Gasteiger partial charge >= 0.3 is 0 Å². The Morgan fingerprint density at radius 2 is 1.62 bits per heavy atom. The number of nitriles is 1. The molecular formula is C18H15N3O2S. The van der Waals surface area contributed by atoms with Gasteiger partial charge in [-0.3, -0.25) is 0 Å². The van der Waals surface area contributed by atoms with Crippen molar-refractivity contribution >= 4 is 26.5 Å². The van der Waals surface area contributed by atoms with E-state index >= 15 is 0 Å². The summed E-state index contributed by atoms with van der Waals surface area (Å²) in [4.78, 5) is 0.195. The lowest BCUT2D eigenvalue weighted by Gasteiger charge is -2.11. The van der Waals surface area contributed by atoms with Crippen molar-refractivity contribution in [1.82, 2.24) is 4.72 Å². The van der Waals surface area contributed by atoms with Crippen molar-refractivity contribution in [3.8, 4) is 6.07 Å². The van der Waals surface area contributed by atoms with Crippen LogP contribution in [-0.2, 0) is 16.6 Å². The van der Waals surface area contributed by atoms with Gasteiger partial charge in [0.05, 0.1) is 16.5 Å². The summed E-state index contributed by atoms with van der Waals surface area (Å²) in [6, 6.07) is 19.0. The van der Waals surface area contributed by atoms with Crippen LogP contribution < -0.4 is 10.5 Å². The highest BCUT2D eigenvalue weighted by molar-refractivity contribution is 7.89. The monoisotopic (exact) mass is 337 g/mol. The average Bonchev–Trinajstić information content (AvgIpc) is 2.60. The van der Waals surface area contributed by atoms with Crippen LogP contribution in [0.25, 0.3) is 10.8 Å². The van der Waals surface area contributed by atoms with Crippen molar-refractivity contribution in [2.75, 3.05) is 5.73 Å². The van der Waals surface area contributed by atoms with Crippen LogP contribution in [0.5, 0.6) is 0 Å². The highest BCUT2D eigenvalue weighted by Gasteiger charge is 2.17. The topological polar surface area (TPSA) is 96.0 Å². The van der Waals surface area contributed by atoms with Crippen molar-refractivity contribution in [1.29, 1.82) is 5.26 Å². The minimum Gasteiger partial charge on any atom is -0.398 e. The van der Waals surface area contributed by atoms with E-state index in [0.29, 0.717) is 22.0 Å². The zero-order valence-electron chi connectivity index (χ0n) is 12.7. The van der Waals surface area contributed by atoms with Crippen LogP contribution in [-0.4, -0.2) is 8.42 Å². The molecule has 0 unspecified atom stereocenters. The maximum atomic E-state index is 12.6. The molecule has 0 fully saturated rings. The van der Waals surface area contributed by atoms with Gasteiger partial charge in [-0.1, -0.05) is 36.4 Å². The Hall–Kier alpha value is -2.88. The predicted octanol–water partition coefficient (Wildman–Crippen LogP) is 2.77. The summed E-state index contributed by atoms with van der Waals surface area (Å²) >= 11 is 0. The maximum absolute atomic E-state index is 12.6. The van der Waals surface area contributed by atoms with Gasteiger partial charge in [0.1, 0.15) is 0 Å². The summed E-state index contributed by atoms with van der Waals surface area (Å²) < 4.78 is 27.9. The first-order valence-corrected chi connectivity index (χ1v) is 8.75. The van der Waals surface area contributed by atoms with E-state index in [0.717, 1.165) is 5.56 Å². The smallest absolute Gasteiger partial charge is 0.241 e. The molecule has 3 aromatic carbocycles. The summed E-state index contributed by atoms with van der Waals surface area (Å²) in [6.07, 6.45) is 0. The van der Waals surface area contributed by atoms with Crippen LogP contribution in [0, 0.1) is 11.3 Å². The number of anilines is 1. The molecule has 24 heavy (non-hydrogen) atoms. The molecule has 6 heteroatoms. The van der Waals surface area contributed by atoms with Crippen molar-refractivity contribution in [2.45, 2.75) is 11.4 Å². The number of nitrogen functional groups attached to an aromatic ring is 1. The number of fused-ring (bicyclic) bond motifs is 1. The van der Waals surface area contributed by atoms with Gasteiger partial charge in [-0.15, -0.1) is 0 Å². The van der Waals surface area contributed by atoms with Gasteiger partial charge in [0, 0.05) is 23.0 Å². The van der Waals surface area contributed by atoms with Gasteiger partial charge in [-0.2, -0.15) is 5.26 Å². The van der Waals surface area contributed by atoms with Crippen molar-refractivity contribution in [2.24, 2.45) is 0 Å². The lowest BCUT2D eigenvalue weighted by molar-refractivity contribution is 0.582. The fraction of sp³-hybridized carbons (Fsp3) is 0.0556. The zero-order chi connectivity index (χ0) is 17.2. The highest BCUT2D eigenvalue weighted by atomic mass is 32.2. The number of hydrogen-bond donors (Lipinski definition) is 2. The van der Waals surface area contributed by atoms with Crippen LogP contribution in [0.1, 0.15) is 11.1 Å². The molecule has 3 rings (SSSR count). The quantitative estimate of drug-likeness (QED) is 0.716. The zero-order valence-corrected chi connectivity index (χ0v) is 13.5. The van der Waals surface area contributed by atoms with Crippen LogP contribution in [0.3, 0.4) is 0 Å². The third-order valence-electron chi connectivity index (χ3n) is 3.75. The van der Waals surface area contributed by atoms with E-state index in [1.807, 2.05) is 6.07 Å². The number of rotatable bonds is 4. The molecule has 0 amide bonds. The summed E-state index contributed by atoms with van der Waals surface area (Å²) in [7, 11) is -3.69. The Morgan fingerprint density at radius 1 is 0.958 bits per heavy atom. The van der Waals surface area contributed by atoms with Crippen LogP contribution in [0.15, 0.2) is 65.6 Å². The molecule has 3 N–H and O–H groups in total. The van der Waals surface area contributed by atoms with Gasteiger partial charge in [0.2, 0.25) is 10.0 Å². The number of nitrogens with zero attached hydrogens (tertiary/aromatic N) is 1. The molecular weight excluding hydrogens is 322 g/mol. The molecule has 0 heterocycles. The van der Waals surface area contributed by atoms with Crippen molar-refractivity contribution in [3.05, 3.63) is 71.8 Å². The number of nitrogens with two attached hydrogens (primary N) is 1. The first kappa shape index (κ1) is 16.0. The SMILES string of the molecule is N#Cc1ccc(CNS(=O)(=O)c2cccc3c(N)cccc23)cc1. The van der Waals surface area contributed by atoms with Crippen molar-refractivity contribution in [3.63, 3.8) is 0 Å². The first-order chi connectivity index (χ1) is 11.5. The van der Waals surface area contributed by atoms with Gasteiger partial charge in [-0.25, -0.2) is 13.1 Å². The summed E-state index contributed by atoms with van der Waals surface area (Å²) in [5.41, 5.74) is 7.77. The predicted molar refractivity (Wildman–Crippen MR) is 93.5 cm³/mol. The molecule has 0 atom stereocenters. The molecule has 5 nitrogen and oxygen atoms in total. The molecule has 0 aliphatic rings. The Kier molecular flexibility index (Phi) is 4.21. The largest absolute Gasteiger partial charge is 0.398 e. The number of sulfonamides is 1. The maximum Gasteiger partial charge on any atom is 0.241 e. The van der Waals surface area contributed by atoms with Crippen LogP contribution in [0.4, 0.5) is 5.69 Å². The summed E-state index contributed by atoms with van der Waals surface area (Å²) in [5, 5.41) is 10.1. The van der Waals surface area contributed by atoms with Gasteiger partial charge in [0.25, 0.3) is 0 Å². The van der Waals surface area contributed by atoms with E-state index in [-0.39, 0.29) is 11.4 Å². The molecule has 0 spiro atoms. The Balaban J connectivity index is 1.91. The lowest BCUT2D eigenvalue weighted by atomic mass is 10.1. The normalized spacial score (nSPS) is 11.3. The molecule has 0 saturated heterocycles. The second-order valence-electron chi connectivity index (χ2n) is 5.33. The van der Waals surface area contributed by atoms with E-state index in [9.17, 15) is 8.42 Å².